The Morgan fingerprint density at radius 2 is 2.15 bits per heavy atom. The van der Waals surface area contributed by atoms with E-state index >= 15 is 0 Å². The Morgan fingerprint density at radius 1 is 1.30 bits per heavy atom. The average Bonchev–Trinajstić information content (AvgIpc) is 3.08. The SMILES string of the molecule is CCc1nnc(N2CC[C@H]3CNC[C@H]32)c(C#N)c1CC. The van der Waals surface area contributed by atoms with Crippen LogP contribution in [0.5, 0.6) is 0 Å². The van der Waals surface area contributed by atoms with E-state index in [-0.39, 0.29) is 0 Å². The molecule has 5 heteroatoms. The van der Waals surface area contributed by atoms with E-state index in [2.05, 4.69) is 40.3 Å². The standard InChI is InChI=1S/C15H21N5/c1-3-11-12(7-16)15(19-18-13(11)4-2)20-6-5-10-8-17-9-14(10)20/h10,14,17H,3-6,8-9H2,1-2H3/t10-,14+/m0/s1. The second kappa shape index (κ2) is 5.37. The molecule has 0 saturated carbocycles. The highest BCUT2D eigenvalue weighted by Crippen LogP contribution is 2.33. The van der Waals surface area contributed by atoms with Gasteiger partial charge < -0.3 is 10.2 Å². The molecule has 2 atom stereocenters. The van der Waals surface area contributed by atoms with Crippen molar-refractivity contribution in [1.82, 2.24) is 15.5 Å². The van der Waals surface area contributed by atoms with Gasteiger partial charge in [-0.05, 0) is 30.7 Å². The highest BCUT2D eigenvalue weighted by molar-refractivity contribution is 5.59. The van der Waals surface area contributed by atoms with Gasteiger partial charge in [0.05, 0.1) is 5.69 Å². The zero-order valence-corrected chi connectivity index (χ0v) is 12.2. The maximum Gasteiger partial charge on any atom is 0.169 e. The topological polar surface area (TPSA) is 64.8 Å². The average molecular weight is 271 g/mol. The van der Waals surface area contributed by atoms with Crippen molar-refractivity contribution in [3.8, 4) is 6.07 Å². The van der Waals surface area contributed by atoms with Crippen LogP contribution in [0.25, 0.3) is 0 Å². The quantitative estimate of drug-likeness (QED) is 0.897. The van der Waals surface area contributed by atoms with Crippen LogP contribution in [0.15, 0.2) is 0 Å². The molecule has 106 valence electrons. The number of hydrogen-bond acceptors (Lipinski definition) is 5. The normalized spacial score (nSPS) is 24.8. The molecule has 1 N–H and O–H groups in total. The highest BCUT2D eigenvalue weighted by atomic mass is 15.3. The molecule has 2 saturated heterocycles. The molecule has 0 radical (unpaired) electrons. The van der Waals surface area contributed by atoms with E-state index in [0.29, 0.717) is 12.0 Å². The summed E-state index contributed by atoms with van der Waals surface area (Å²) in [7, 11) is 0. The largest absolute Gasteiger partial charge is 0.349 e. The molecule has 2 aliphatic rings. The summed E-state index contributed by atoms with van der Waals surface area (Å²) in [6.45, 7) is 7.23. The molecular weight excluding hydrogens is 250 g/mol. The van der Waals surface area contributed by atoms with Gasteiger partial charge in [-0.25, -0.2) is 0 Å². The van der Waals surface area contributed by atoms with E-state index in [1.165, 1.54) is 6.42 Å². The summed E-state index contributed by atoms with van der Waals surface area (Å²) >= 11 is 0. The summed E-state index contributed by atoms with van der Waals surface area (Å²) in [6.07, 6.45) is 2.86. The molecular formula is C15H21N5. The summed E-state index contributed by atoms with van der Waals surface area (Å²) in [6, 6.07) is 2.86. The van der Waals surface area contributed by atoms with Gasteiger partial charge in [0, 0.05) is 25.7 Å². The van der Waals surface area contributed by atoms with Gasteiger partial charge in [-0.2, -0.15) is 10.4 Å². The lowest BCUT2D eigenvalue weighted by molar-refractivity contribution is 0.576. The first-order valence-electron chi connectivity index (χ1n) is 7.56. The van der Waals surface area contributed by atoms with E-state index in [4.69, 9.17) is 0 Å². The lowest BCUT2D eigenvalue weighted by Gasteiger charge is -2.26. The Labute approximate surface area is 120 Å². The van der Waals surface area contributed by atoms with Gasteiger partial charge in [-0.1, -0.05) is 13.8 Å². The molecule has 0 amide bonds. The van der Waals surface area contributed by atoms with Crippen molar-refractivity contribution in [3.63, 3.8) is 0 Å². The predicted octanol–water partition coefficient (Wildman–Crippen LogP) is 1.27. The molecule has 0 unspecified atom stereocenters. The number of aryl methyl sites for hydroxylation is 1. The molecule has 3 rings (SSSR count). The van der Waals surface area contributed by atoms with Gasteiger partial charge in [0.1, 0.15) is 11.6 Å². The zero-order chi connectivity index (χ0) is 14.1. The first-order valence-corrected chi connectivity index (χ1v) is 7.56. The third-order valence-electron chi connectivity index (χ3n) is 4.66. The zero-order valence-electron chi connectivity index (χ0n) is 12.2. The summed E-state index contributed by atoms with van der Waals surface area (Å²) < 4.78 is 0. The number of aromatic nitrogens is 2. The Hall–Kier alpha value is -1.67. The van der Waals surface area contributed by atoms with Gasteiger partial charge in [0.25, 0.3) is 0 Å². The van der Waals surface area contributed by atoms with Crippen LogP contribution in [-0.4, -0.2) is 35.9 Å². The number of anilines is 1. The predicted molar refractivity (Wildman–Crippen MR) is 77.6 cm³/mol. The third-order valence-corrected chi connectivity index (χ3v) is 4.66. The summed E-state index contributed by atoms with van der Waals surface area (Å²) in [5.41, 5.74) is 2.79. The second-order valence-corrected chi connectivity index (χ2v) is 5.61. The van der Waals surface area contributed by atoms with Crippen LogP contribution < -0.4 is 10.2 Å². The maximum absolute atomic E-state index is 9.59. The third kappa shape index (κ3) is 1.95. The van der Waals surface area contributed by atoms with E-state index in [0.717, 1.165) is 55.1 Å². The van der Waals surface area contributed by atoms with Crippen LogP contribution in [0.3, 0.4) is 0 Å². The molecule has 0 aromatic carbocycles. The molecule has 0 aliphatic carbocycles. The van der Waals surface area contributed by atoms with Crippen molar-refractivity contribution in [3.05, 3.63) is 16.8 Å². The fraction of sp³-hybridized carbons (Fsp3) is 0.667. The van der Waals surface area contributed by atoms with Crippen molar-refractivity contribution < 1.29 is 0 Å². The van der Waals surface area contributed by atoms with Crippen molar-refractivity contribution in [1.29, 1.82) is 5.26 Å². The molecule has 0 spiro atoms. The molecule has 5 nitrogen and oxygen atoms in total. The Bertz CT molecular complexity index is 548. The Kier molecular flexibility index (Phi) is 3.58. The van der Waals surface area contributed by atoms with Crippen molar-refractivity contribution >= 4 is 5.82 Å². The number of rotatable bonds is 3. The molecule has 2 fully saturated rings. The summed E-state index contributed by atoms with van der Waals surface area (Å²) in [5, 5.41) is 21.8. The Balaban J connectivity index is 2.04. The molecule has 20 heavy (non-hydrogen) atoms. The number of nitrogens with one attached hydrogen (secondary N) is 1. The van der Waals surface area contributed by atoms with Gasteiger partial charge in [-0.15, -0.1) is 5.10 Å². The van der Waals surface area contributed by atoms with Crippen LogP contribution in [0.1, 0.15) is 37.1 Å². The van der Waals surface area contributed by atoms with E-state index in [9.17, 15) is 5.26 Å². The minimum atomic E-state index is 0.480. The van der Waals surface area contributed by atoms with Crippen molar-refractivity contribution in [2.75, 3.05) is 24.5 Å². The fourth-order valence-corrected chi connectivity index (χ4v) is 3.59. The van der Waals surface area contributed by atoms with Gasteiger partial charge in [0.2, 0.25) is 0 Å². The molecule has 3 heterocycles. The van der Waals surface area contributed by atoms with E-state index < -0.39 is 0 Å². The second-order valence-electron chi connectivity index (χ2n) is 5.61. The first-order chi connectivity index (χ1) is 9.80. The Morgan fingerprint density at radius 3 is 2.85 bits per heavy atom. The first kappa shape index (κ1) is 13.3. The van der Waals surface area contributed by atoms with Gasteiger partial charge >= 0.3 is 0 Å². The van der Waals surface area contributed by atoms with Crippen LogP contribution in [0.2, 0.25) is 0 Å². The molecule has 1 aromatic rings. The van der Waals surface area contributed by atoms with Crippen molar-refractivity contribution in [2.24, 2.45) is 5.92 Å². The number of fused-ring (bicyclic) bond motifs is 1. The monoisotopic (exact) mass is 271 g/mol. The van der Waals surface area contributed by atoms with E-state index in [1.807, 2.05) is 0 Å². The lowest BCUT2D eigenvalue weighted by Crippen LogP contribution is -2.35. The smallest absolute Gasteiger partial charge is 0.169 e. The maximum atomic E-state index is 9.59. The van der Waals surface area contributed by atoms with Crippen LogP contribution in [0.4, 0.5) is 5.82 Å². The summed E-state index contributed by atoms with van der Waals surface area (Å²) in [4.78, 5) is 2.30. The van der Waals surface area contributed by atoms with Gasteiger partial charge in [-0.3, -0.25) is 0 Å². The minimum absolute atomic E-state index is 0.480. The number of nitrogens with zero attached hydrogens (tertiary/aromatic N) is 4. The highest BCUT2D eigenvalue weighted by Gasteiger charge is 2.39. The lowest BCUT2D eigenvalue weighted by atomic mass is 10.0. The van der Waals surface area contributed by atoms with Crippen LogP contribution >= 0.6 is 0 Å². The fourth-order valence-electron chi connectivity index (χ4n) is 3.59. The summed E-state index contributed by atoms with van der Waals surface area (Å²) in [5.74, 6) is 1.50. The van der Waals surface area contributed by atoms with Gasteiger partial charge in [0.15, 0.2) is 5.82 Å². The van der Waals surface area contributed by atoms with Crippen LogP contribution in [-0.2, 0) is 12.8 Å². The van der Waals surface area contributed by atoms with E-state index in [1.54, 1.807) is 0 Å². The minimum Gasteiger partial charge on any atom is -0.349 e. The number of nitriles is 1. The molecule has 2 aliphatic heterocycles. The number of hydrogen-bond donors (Lipinski definition) is 1. The van der Waals surface area contributed by atoms with Crippen molar-refractivity contribution in [2.45, 2.75) is 39.2 Å². The molecule has 0 bridgehead atoms. The van der Waals surface area contributed by atoms with Crippen LogP contribution in [0, 0.1) is 17.2 Å². The molecule has 1 aromatic heterocycles.